The number of hydrogen-bond donors (Lipinski definition) is 2. The number of ether oxygens (including phenoxy) is 1. The Morgan fingerprint density at radius 3 is 2.23 bits per heavy atom. The molecule has 6 nitrogen and oxygen atoms in total. The zero-order chi connectivity index (χ0) is 17.0. The smallest absolute Gasteiger partial charge is 0.408 e. The molecule has 0 aliphatic rings. The zero-order valence-electron chi connectivity index (χ0n) is 13.3. The van der Waals surface area contributed by atoms with Gasteiger partial charge in [0.15, 0.2) is 9.84 Å². The molecular formula is C15H23NO5S. The quantitative estimate of drug-likeness (QED) is 0.862. The highest BCUT2D eigenvalue weighted by atomic mass is 32.2. The fourth-order valence-electron chi connectivity index (χ4n) is 1.76. The van der Waals surface area contributed by atoms with Gasteiger partial charge in [0, 0.05) is 0 Å². The van der Waals surface area contributed by atoms with Crippen molar-refractivity contribution >= 4 is 15.9 Å². The number of amides is 1. The van der Waals surface area contributed by atoms with Gasteiger partial charge >= 0.3 is 6.09 Å². The minimum absolute atomic E-state index is 0.0198. The summed E-state index contributed by atoms with van der Waals surface area (Å²) in [6.07, 6.45) is -0.642. The Morgan fingerprint density at radius 2 is 1.82 bits per heavy atom. The van der Waals surface area contributed by atoms with Crippen molar-refractivity contribution in [2.75, 3.05) is 12.4 Å². The molecular weight excluding hydrogens is 306 g/mol. The van der Waals surface area contributed by atoms with Gasteiger partial charge in [-0.1, -0.05) is 19.1 Å². The van der Waals surface area contributed by atoms with E-state index in [9.17, 15) is 18.3 Å². The lowest BCUT2D eigenvalue weighted by Gasteiger charge is -2.23. The molecule has 0 aliphatic carbocycles. The molecule has 0 fully saturated rings. The third-order valence-electron chi connectivity index (χ3n) is 2.90. The summed E-state index contributed by atoms with van der Waals surface area (Å²) in [6.45, 7) is 6.48. The molecule has 2 N–H and O–H groups in total. The van der Waals surface area contributed by atoms with Crippen molar-refractivity contribution in [3.63, 3.8) is 0 Å². The number of rotatable bonds is 5. The van der Waals surface area contributed by atoms with Crippen LogP contribution in [0.25, 0.3) is 0 Å². The highest BCUT2D eigenvalue weighted by Gasteiger charge is 2.20. The summed E-state index contributed by atoms with van der Waals surface area (Å²) in [7, 11) is -3.27. The standard InChI is InChI=1S/C15H23NO5S/c1-5-22(19,20)12-8-6-11(7-9-12)13(10-17)16-14(18)21-15(2,3)4/h6-9,13,17H,5,10H2,1-4H3,(H,16,18)/t13-/m0/s1. The van der Waals surface area contributed by atoms with E-state index in [-0.39, 0.29) is 17.3 Å². The molecule has 0 aliphatic heterocycles. The Hall–Kier alpha value is -1.60. The molecule has 0 bridgehead atoms. The summed E-state index contributed by atoms with van der Waals surface area (Å²) in [5.74, 6) is 0.0198. The van der Waals surface area contributed by atoms with Crippen molar-refractivity contribution < 1.29 is 23.1 Å². The maximum absolute atomic E-state index is 11.7. The number of carbonyl (C=O) groups is 1. The van der Waals surface area contributed by atoms with E-state index in [1.165, 1.54) is 12.1 Å². The molecule has 0 spiro atoms. The predicted octanol–water partition coefficient (Wildman–Crippen LogP) is 2.04. The van der Waals surface area contributed by atoms with Crippen LogP contribution in [-0.2, 0) is 14.6 Å². The van der Waals surface area contributed by atoms with E-state index in [0.717, 1.165) is 0 Å². The first-order chi connectivity index (χ1) is 10.1. The second kappa shape index (κ2) is 7.11. The molecule has 1 amide bonds. The average molecular weight is 329 g/mol. The van der Waals surface area contributed by atoms with Crippen LogP contribution in [0.4, 0.5) is 4.79 Å². The van der Waals surface area contributed by atoms with Gasteiger partial charge < -0.3 is 15.2 Å². The van der Waals surface area contributed by atoms with Gasteiger partial charge in [-0.3, -0.25) is 0 Å². The Bertz CT molecular complexity index is 602. The molecule has 0 saturated carbocycles. The molecule has 1 aromatic rings. The van der Waals surface area contributed by atoms with Crippen molar-refractivity contribution in [3.05, 3.63) is 29.8 Å². The summed E-state index contributed by atoms with van der Waals surface area (Å²) in [6, 6.07) is 5.41. The van der Waals surface area contributed by atoms with Crippen molar-refractivity contribution in [1.82, 2.24) is 5.32 Å². The molecule has 0 saturated heterocycles. The Morgan fingerprint density at radius 1 is 1.27 bits per heavy atom. The van der Waals surface area contributed by atoms with Crippen LogP contribution in [-0.4, -0.2) is 37.6 Å². The lowest BCUT2D eigenvalue weighted by atomic mass is 10.1. The van der Waals surface area contributed by atoms with Gasteiger partial charge in [-0.25, -0.2) is 13.2 Å². The van der Waals surface area contributed by atoms with Gasteiger partial charge in [-0.05, 0) is 38.5 Å². The highest BCUT2D eigenvalue weighted by Crippen LogP contribution is 2.18. The third-order valence-corrected chi connectivity index (χ3v) is 4.65. The molecule has 22 heavy (non-hydrogen) atoms. The zero-order valence-corrected chi connectivity index (χ0v) is 14.1. The summed E-state index contributed by atoms with van der Waals surface area (Å²) in [4.78, 5) is 11.9. The molecule has 0 unspecified atom stereocenters. The fourth-order valence-corrected chi connectivity index (χ4v) is 2.64. The lowest BCUT2D eigenvalue weighted by Crippen LogP contribution is -2.36. The minimum atomic E-state index is -3.27. The van der Waals surface area contributed by atoms with E-state index in [0.29, 0.717) is 5.56 Å². The second-order valence-electron chi connectivity index (χ2n) is 5.85. The van der Waals surface area contributed by atoms with Crippen LogP contribution in [0.15, 0.2) is 29.2 Å². The Kier molecular flexibility index (Phi) is 5.96. The van der Waals surface area contributed by atoms with E-state index >= 15 is 0 Å². The monoisotopic (exact) mass is 329 g/mol. The van der Waals surface area contributed by atoms with Crippen molar-refractivity contribution in [3.8, 4) is 0 Å². The molecule has 1 atom stereocenters. The normalized spacial score (nSPS) is 13.5. The van der Waals surface area contributed by atoms with E-state index in [1.54, 1.807) is 39.8 Å². The van der Waals surface area contributed by atoms with Crippen molar-refractivity contribution in [2.24, 2.45) is 0 Å². The fraction of sp³-hybridized carbons (Fsp3) is 0.533. The van der Waals surface area contributed by atoms with Crippen molar-refractivity contribution in [1.29, 1.82) is 0 Å². The van der Waals surface area contributed by atoms with Gasteiger partial charge in [0.05, 0.1) is 23.3 Å². The SMILES string of the molecule is CCS(=O)(=O)c1ccc([C@H](CO)NC(=O)OC(C)(C)C)cc1. The number of hydrogen-bond acceptors (Lipinski definition) is 5. The van der Waals surface area contributed by atoms with E-state index in [1.807, 2.05) is 0 Å². The van der Waals surface area contributed by atoms with Crippen LogP contribution in [0.2, 0.25) is 0 Å². The number of nitrogens with one attached hydrogen (secondary N) is 1. The van der Waals surface area contributed by atoms with Crippen LogP contribution in [0, 0.1) is 0 Å². The van der Waals surface area contributed by atoms with Crippen molar-refractivity contribution in [2.45, 2.75) is 44.2 Å². The maximum Gasteiger partial charge on any atom is 0.408 e. The number of benzene rings is 1. The Labute approximate surface area is 131 Å². The number of aliphatic hydroxyl groups excluding tert-OH is 1. The first-order valence-electron chi connectivity index (χ1n) is 7.02. The van der Waals surface area contributed by atoms with Crippen LogP contribution in [0.5, 0.6) is 0 Å². The first-order valence-corrected chi connectivity index (χ1v) is 8.67. The van der Waals surface area contributed by atoms with Crippen LogP contribution >= 0.6 is 0 Å². The van der Waals surface area contributed by atoms with Crippen LogP contribution in [0.3, 0.4) is 0 Å². The first kappa shape index (κ1) is 18.4. The third kappa shape index (κ3) is 5.31. The molecule has 0 radical (unpaired) electrons. The lowest BCUT2D eigenvalue weighted by molar-refractivity contribution is 0.0482. The van der Waals surface area contributed by atoms with Gasteiger partial charge in [-0.15, -0.1) is 0 Å². The topological polar surface area (TPSA) is 92.7 Å². The van der Waals surface area contributed by atoms with E-state index < -0.39 is 27.6 Å². The Balaban J connectivity index is 2.86. The van der Waals surface area contributed by atoms with Crippen LogP contribution < -0.4 is 5.32 Å². The minimum Gasteiger partial charge on any atom is -0.444 e. The number of aliphatic hydroxyl groups is 1. The summed E-state index contributed by atoms with van der Waals surface area (Å²) in [5.41, 5.74) is -0.0354. The number of alkyl carbamates (subject to hydrolysis) is 1. The summed E-state index contributed by atoms with van der Waals surface area (Å²) >= 11 is 0. The summed E-state index contributed by atoms with van der Waals surface area (Å²) < 4.78 is 28.6. The summed E-state index contributed by atoms with van der Waals surface area (Å²) in [5, 5.41) is 12.0. The van der Waals surface area contributed by atoms with Gasteiger partial charge in [0.1, 0.15) is 5.60 Å². The maximum atomic E-state index is 11.7. The van der Waals surface area contributed by atoms with Gasteiger partial charge in [0.25, 0.3) is 0 Å². The molecule has 0 aromatic heterocycles. The van der Waals surface area contributed by atoms with Gasteiger partial charge in [0.2, 0.25) is 0 Å². The molecule has 1 aromatic carbocycles. The van der Waals surface area contributed by atoms with Gasteiger partial charge in [-0.2, -0.15) is 0 Å². The second-order valence-corrected chi connectivity index (χ2v) is 8.13. The predicted molar refractivity (Wildman–Crippen MR) is 83.4 cm³/mol. The van der Waals surface area contributed by atoms with Crippen LogP contribution in [0.1, 0.15) is 39.3 Å². The van der Waals surface area contributed by atoms with E-state index in [4.69, 9.17) is 4.74 Å². The molecule has 7 heteroatoms. The highest BCUT2D eigenvalue weighted by molar-refractivity contribution is 7.91. The molecule has 1 rings (SSSR count). The average Bonchev–Trinajstić information content (AvgIpc) is 2.43. The molecule has 124 valence electrons. The van der Waals surface area contributed by atoms with E-state index in [2.05, 4.69) is 5.32 Å². The number of carbonyl (C=O) groups excluding carboxylic acids is 1. The molecule has 0 heterocycles. The largest absolute Gasteiger partial charge is 0.444 e. The number of sulfone groups is 1.